The number of aromatic hydroxyl groups is 1. The minimum atomic E-state index is -0.238. The Morgan fingerprint density at radius 1 is 1.44 bits per heavy atom. The monoisotopic (exact) mass is 239 g/mol. The van der Waals surface area contributed by atoms with Crippen LogP contribution in [0.2, 0.25) is 5.02 Å². The zero-order valence-corrected chi connectivity index (χ0v) is 9.68. The van der Waals surface area contributed by atoms with Gasteiger partial charge in [0.15, 0.2) is 5.78 Å². The number of carbonyl (C=O) groups is 1. The lowest BCUT2D eigenvalue weighted by Crippen LogP contribution is -2.18. The van der Waals surface area contributed by atoms with Gasteiger partial charge < -0.3 is 10.8 Å². The first kappa shape index (κ1) is 11.4. The number of carbonyl (C=O) groups excluding carboxylic acids is 1. The standard InChI is InChI=1S/C12H14ClNO2/c13-9-5-7-3-1-2-4-8(7)11(12(9)16)10(15)6-14/h5,16H,1-4,6,14H2. The molecule has 0 aromatic heterocycles. The van der Waals surface area contributed by atoms with Crippen molar-refractivity contribution in [2.45, 2.75) is 25.7 Å². The lowest BCUT2D eigenvalue weighted by atomic mass is 9.86. The maximum Gasteiger partial charge on any atom is 0.180 e. The summed E-state index contributed by atoms with van der Waals surface area (Å²) in [4.78, 5) is 11.7. The Balaban J connectivity index is 2.63. The van der Waals surface area contributed by atoms with E-state index in [1.165, 1.54) is 0 Å². The van der Waals surface area contributed by atoms with Crippen LogP contribution in [0.1, 0.15) is 34.3 Å². The van der Waals surface area contributed by atoms with Gasteiger partial charge in [-0.25, -0.2) is 0 Å². The molecule has 0 saturated heterocycles. The third kappa shape index (κ3) is 1.81. The van der Waals surface area contributed by atoms with Crippen molar-refractivity contribution in [2.24, 2.45) is 5.73 Å². The number of halogens is 1. The first-order valence-electron chi connectivity index (χ1n) is 5.41. The zero-order valence-electron chi connectivity index (χ0n) is 8.92. The van der Waals surface area contributed by atoms with Crippen LogP contribution in [0.5, 0.6) is 5.75 Å². The van der Waals surface area contributed by atoms with Gasteiger partial charge in [-0.3, -0.25) is 4.79 Å². The van der Waals surface area contributed by atoms with Crippen molar-refractivity contribution in [2.75, 3.05) is 6.54 Å². The molecule has 4 heteroatoms. The predicted octanol–water partition coefficient (Wildman–Crippen LogP) is 2.07. The van der Waals surface area contributed by atoms with Crippen molar-refractivity contribution in [3.63, 3.8) is 0 Å². The van der Waals surface area contributed by atoms with Crippen molar-refractivity contribution in [3.05, 3.63) is 27.8 Å². The minimum Gasteiger partial charge on any atom is -0.506 e. The molecule has 0 heterocycles. The van der Waals surface area contributed by atoms with E-state index in [1.807, 2.05) is 0 Å². The van der Waals surface area contributed by atoms with Crippen LogP contribution >= 0.6 is 11.6 Å². The third-order valence-corrected chi connectivity index (χ3v) is 3.33. The molecular weight excluding hydrogens is 226 g/mol. The summed E-state index contributed by atoms with van der Waals surface area (Å²) in [6.45, 7) is -0.0969. The van der Waals surface area contributed by atoms with Gasteiger partial charge in [0.1, 0.15) is 5.75 Å². The van der Waals surface area contributed by atoms with Gasteiger partial charge in [-0.2, -0.15) is 0 Å². The highest BCUT2D eigenvalue weighted by molar-refractivity contribution is 6.32. The van der Waals surface area contributed by atoms with Crippen LogP contribution < -0.4 is 5.73 Å². The molecule has 0 atom stereocenters. The second kappa shape index (κ2) is 4.44. The normalized spacial score (nSPS) is 14.6. The molecule has 0 spiro atoms. The summed E-state index contributed by atoms with van der Waals surface area (Å²) in [6, 6.07) is 1.76. The second-order valence-corrected chi connectivity index (χ2v) is 4.46. The number of benzene rings is 1. The predicted molar refractivity (Wildman–Crippen MR) is 63.1 cm³/mol. The quantitative estimate of drug-likeness (QED) is 0.777. The fourth-order valence-electron chi connectivity index (χ4n) is 2.26. The number of rotatable bonds is 2. The largest absolute Gasteiger partial charge is 0.506 e. The molecule has 0 fully saturated rings. The van der Waals surface area contributed by atoms with E-state index < -0.39 is 0 Å². The molecule has 3 N–H and O–H groups in total. The van der Waals surface area contributed by atoms with Crippen LogP contribution in [0.4, 0.5) is 0 Å². The smallest absolute Gasteiger partial charge is 0.180 e. The SMILES string of the molecule is NCC(=O)c1c(O)c(Cl)cc2c1CCCC2. The van der Waals surface area contributed by atoms with Crippen LogP contribution in [0.3, 0.4) is 0 Å². The van der Waals surface area contributed by atoms with Crippen LogP contribution in [-0.2, 0) is 12.8 Å². The lowest BCUT2D eigenvalue weighted by Gasteiger charge is -2.20. The average Bonchev–Trinajstić information content (AvgIpc) is 2.30. The second-order valence-electron chi connectivity index (χ2n) is 4.05. The lowest BCUT2D eigenvalue weighted by molar-refractivity contribution is 0.0997. The molecule has 3 nitrogen and oxygen atoms in total. The molecule has 86 valence electrons. The van der Waals surface area contributed by atoms with Crippen molar-refractivity contribution in [1.82, 2.24) is 0 Å². The van der Waals surface area contributed by atoms with E-state index in [2.05, 4.69) is 0 Å². The van der Waals surface area contributed by atoms with Crippen molar-refractivity contribution in [1.29, 1.82) is 0 Å². The summed E-state index contributed by atoms with van der Waals surface area (Å²) < 4.78 is 0. The van der Waals surface area contributed by atoms with Crippen LogP contribution in [0, 0.1) is 0 Å². The first-order valence-corrected chi connectivity index (χ1v) is 5.79. The molecule has 0 aliphatic heterocycles. The molecule has 2 rings (SSSR count). The molecule has 16 heavy (non-hydrogen) atoms. The van der Waals surface area contributed by atoms with E-state index >= 15 is 0 Å². The maximum atomic E-state index is 11.7. The molecule has 0 unspecified atom stereocenters. The highest BCUT2D eigenvalue weighted by Crippen LogP contribution is 2.36. The summed E-state index contributed by atoms with van der Waals surface area (Å²) in [6.07, 6.45) is 3.88. The number of nitrogens with two attached hydrogens (primary N) is 1. The number of fused-ring (bicyclic) bond motifs is 1. The van der Waals surface area contributed by atoms with Crippen molar-refractivity contribution < 1.29 is 9.90 Å². The fourth-order valence-corrected chi connectivity index (χ4v) is 2.49. The molecule has 0 bridgehead atoms. The highest BCUT2D eigenvalue weighted by atomic mass is 35.5. The molecular formula is C12H14ClNO2. The Hall–Kier alpha value is -1.06. The Labute approximate surface area is 99.2 Å². The number of Topliss-reactive ketones (excluding diaryl/α,β-unsaturated/α-hetero) is 1. The van der Waals surface area contributed by atoms with Gasteiger partial charge >= 0.3 is 0 Å². The maximum absolute atomic E-state index is 11.7. The Morgan fingerprint density at radius 3 is 2.81 bits per heavy atom. The molecule has 0 amide bonds. The summed E-state index contributed by atoms with van der Waals surface area (Å²) in [5.74, 6) is -0.351. The molecule has 1 aliphatic carbocycles. The highest BCUT2D eigenvalue weighted by Gasteiger charge is 2.22. The summed E-state index contributed by atoms with van der Waals surface area (Å²) in [5, 5.41) is 10.1. The van der Waals surface area contributed by atoms with E-state index in [4.69, 9.17) is 17.3 Å². The fraction of sp³-hybridized carbons (Fsp3) is 0.417. The van der Waals surface area contributed by atoms with Gasteiger partial charge in [-0.1, -0.05) is 11.6 Å². The van der Waals surface area contributed by atoms with Crippen LogP contribution in [0.25, 0.3) is 0 Å². The van der Waals surface area contributed by atoms with Gasteiger partial charge in [0, 0.05) is 0 Å². The van der Waals surface area contributed by atoms with E-state index in [0.717, 1.165) is 36.8 Å². The number of phenolic OH excluding ortho intramolecular Hbond substituents is 1. The summed E-state index contributed by atoms with van der Waals surface area (Å²) in [5.41, 5.74) is 7.70. The van der Waals surface area contributed by atoms with Crippen LogP contribution in [0.15, 0.2) is 6.07 Å². The van der Waals surface area contributed by atoms with E-state index in [0.29, 0.717) is 5.56 Å². The van der Waals surface area contributed by atoms with Crippen molar-refractivity contribution >= 4 is 17.4 Å². The minimum absolute atomic E-state index is 0.0969. The molecule has 1 aliphatic rings. The van der Waals surface area contributed by atoms with Gasteiger partial charge in [0.25, 0.3) is 0 Å². The van der Waals surface area contributed by atoms with Crippen molar-refractivity contribution in [3.8, 4) is 5.75 Å². The number of hydrogen-bond donors (Lipinski definition) is 2. The number of phenols is 1. The molecule has 1 aromatic rings. The molecule has 1 aromatic carbocycles. The Morgan fingerprint density at radius 2 is 2.12 bits per heavy atom. The molecule has 0 saturated carbocycles. The Kier molecular flexibility index (Phi) is 3.17. The average molecular weight is 240 g/mol. The molecule has 0 radical (unpaired) electrons. The first-order chi connectivity index (χ1) is 7.65. The number of hydrogen-bond acceptors (Lipinski definition) is 3. The van der Waals surface area contributed by atoms with Gasteiger partial charge in [0.05, 0.1) is 17.1 Å². The third-order valence-electron chi connectivity index (χ3n) is 3.04. The Bertz CT molecular complexity index is 443. The van der Waals surface area contributed by atoms with Gasteiger partial charge in [0.2, 0.25) is 0 Å². The summed E-state index contributed by atoms with van der Waals surface area (Å²) in [7, 11) is 0. The topological polar surface area (TPSA) is 63.3 Å². The van der Waals surface area contributed by atoms with E-state index in [9.17, 15) is 9.90 Å². The number of ketones is 1. The number of aryl methyl sites for hydroxylation is 1. The van der Waals surface area contributed by atoms with Crippen LogP contribution in [-0.4, -0.2) is 17.4 Å². The zero-order chi connectivity index (χ0) is 11.7. The van der Waals surface area contributed by atoms with Gasteiger partial charge in [-0.05, 0) is 42.9 Å². The summed E-state index contributed by atoms with van der Waals surface area (Å²) >= 11 is 5.91. The van der Waals surface area contributed by atoms with E-state index in [-0.39, 0.29) is 23.1 Å². The van der Waals surface area contributed by atoms with Gasteiger partial charge in [-0.15, -0.1) is 0 Å². The van der Waals surface area contributed by atoms with E-state index in [1.54, 1.807) is 6.07 Å².